The molecule has 0 aliphatic carbocycles. The summed E-state index contributed by atoms with van der Waals surface area (Å²) in [5.74, 6) is 0.717. The molecule has 0 saturated carbocycles. The van der Waals surface area contributed by atoms with Crippen molar-refractivity contribution in [3.8, 4) is 11.1 Å². The lowest BCUT2D eigenvalue weighted by molar-refractivity contribution is 0.0984. The quantitative estimate of drug-likeness (QED) is 0.325. The molecule has 0 bridgehead atoms. The zero-order valence-electron chi connectivity index (χ0n) is 18.7. The number of pyridine rings is 1. The fourth-order valence-corrected chi connectivity index (χ4v) is 3.66. The number of anilines is 2. The third kappa shape index (κ3) is 4.94. The molecule has 32 heavy (non-hydrogen) atoms. The summed E-state index contributed by atoms with van der Waals surface area (Å²) in [6.07, 6.45) is 5.45. The van der Waals surface area contributed by atoms with Crippen LogP contribution in [0, 0.1) is 6.92 Å². The van der Waals surface area contributed by atoms with Gasteiger partial charge in [0, 0.05) is 24.6 Å². The lowest BCUT2D eigenvalue weighted by atomic mass is 10.0. The average Bonchev–Trinajstić information content (AvgIpc) is 3.25. The smallest absolute Gasteiger partial charge is 0.299 e. The molecule has 0 spiro atoms. The summed E-state index contributed by atoms with van der Waals surface area (Å²) in [6.45, 7) is 6.03. The van der Waals surface area contributed by atoms with Gasteiger partial charge in [0.1, 0.15) is 11.5 Å². The van der Waals surface area contributed by atoms with E-state index < -0.39 is 0 Å². The van der Waals surface area contributed by atoms with Gasteiger partial charge < -0.3 is 9.73 Å². The molecule has 0 fully saturated rings. The van der Waals surface area contributed by atoms with Gasteiger partial charge in [-0.1, -0.05) is 67.9 Å². The highest BCUT2D eigenvalue weighted by atomic mass is 16.4. The SMILES string of the molecule is CCC(=O)c1ncc(-c2cccc(CC)c2)cc1Nc1ncc(Cc2cccc(C)c2)o1. The van der Waals surface area contributed by atoms with E-state index in [9.17, 15) is 4.79 Å². The lowest BCUT2D eigenvalue weighted by Gasteiger charge is -2.11. The Morgan fingerprint density at radius 3 is 2.53 bits per heavy atom. The Labute approximate surface area is 188 Å². The first kappa shape index (κ1) is 21.5. The van der Waals surface area contributed by atoms with Crippen LogP contribution in [0.15, 0.2) is 71.4 Å². The van der Waals surface area contributed by atoms with Gasteiger partial charge in [-0.3, -0.25) is 9.78 Å². The second-order valence-electron chi connectivity index (χ2n) is 7.87. The van der Waals surface area contributed by atoms with Crippen LogP contribution in [-0.2, 0) is 12.8 Å². The number of ketones is 1. The van der Waals surface area contributed by atoms with Crippen LogP contribution in [0.5, 0.6) is 0 Å². The number of rotatable bonds is 8. The molecule has 0 atom stereocenters. The summed E-state index contributed by atoms with van der Waals surface area (Å²) in [5, 5.41) is 3.18. The first-order valence-electron chi connectivity index (χ1n) is 11.0. The van der Waals surface area contributed by atoms with Crippen molar-refractivity contribution in [3.63, 3.8) is 0 Å². The Kier molecular flexibility index (Phi) is 6.45. The van der Waals surface area contributed by atoms with Crippen LogP contribution in [0.4, 0.5) is 11.7 Å². The number of hydrogen-bond acceptors (Lipinski definition) is 5. The van der Waals surface area contributed by atoms with E-state index in [0.29, 0.717) is 30.2 Å². The normalized spacial score (nSPS) is 10.8. The van der Waals surface area contributed by atoms with Gasteiger partial charge in [0.25, 0.3) is 6.01 Å². The number of carbonyl (C=O) groups is 1. The molecule has 5 heteroatoms. The molecule has 1 N–H and O–H groups in total. The zero-order valence-corrected chi connectivity index (χ0v) is 18.7. The topological polar surface area (TPSA) is 68.0 Å². The summed E-state index contributed by atoms with van der Waals surface area (Å²) < 4.78 is 5.92. The largest absolute Gasteiger partial charge is 0.428 e. The molecule has 5 nitrogen and oxygen atoms in total. The van der Waals surface area contributed by atoms with Gasteiger partial charge in [-0.15, -0.1) is 0 Å². The molecule has 0 saturated heterocycles. The van der Waals surface area contributed by atoms with Crippen molar-refractivity contribution < 1.29 is 9.21 Å². The van der Waals surface area contributed by atoms with Gasteiger partial charge in [-0.05, 0) is 36.1 Å². The van der Waals surface area contributed by atoms with Gasteiger partial charge in [0.15, 0.2) is 5.78 Å². The molecule has 0 aliphatic rings. The number of aryl methyl sites for hydroxylation is 2. The molecule has 0 amide bonds. The van der Waals surface area contributed by atoms with E-state index in [0.717, 1.165) is 28.9 Å². The number of carbonyl (C=O) groups excluding carboxylic acids is 1. The Morgan fingerprint density at radius 2 is 1.75 bits per heavy atom. The van der Waals surface area contributed by atoms with E-state index in [4.69, 9.17) is 4.42 Å². The molecule has 4 rings (SSSR count). The average molecular weight is 426 g/mol. The van der Waals surface area contributed by atoms with Crippen LogP contribution >= 0.6 is 0 Å². The summed E-state index contributed by atoms with van der Waals surface area (Å²) in [5.41, 5.74) is 6.60. The second kappa shape index (κ2) is 9.60. The Balaban J connectivity index is 1.63. The minimum atomic E-state index is -0.0344. The van der Waals surface area contributed by atoms with Gasteiger partial charge >= 0.3 is 0 Å². The Morgan fingerprint density at radius 1 is 0.938 bits per heavy atom. The van der Waals surface area contributed by atoms with Crippen LogP contribution < -0.4 is 5.32 Å². The Hall–Kier alpha value is -3.73. The lowest BCUT2D eigenvalue weighted by Crippen LogP contribution is -2.06. The van der Waals surface area contributed by atoms with Crippen LogP contribution in [0.3, 0.4) is 0 Å². The van der Waals surface area contributed by atoms with Gasteiger partial charge in [-0.2, -0.15) is 0 Å². The summed E-state index contributed by atoms with van der Waals surface area (Å²) >= 11 is 0. The van der Waals surface area contributed by atoms with Crippen molar-refractivity contribution in [1.82, 2.24) is 9.97 Å². The molecule has 4 aromatic rings. The molecule has 0 radical (unpaired) electrons. The number of benzene rings is 2. The van der Waals surface area contributed by atoms with Crippen molar-refractivity contribution in [3.05, 3.63) is 95.1 Å². The van der Waals surface area contributed by atoms with Crippen LogP contribution in [0.1, 0.15) is 53.2 Å². The fourth-order valence-electron chi connectivity index (χ4n) is 3.66. The molecule has 162 valence electrons. The van der Waals surface area contributed by atoms with Gasteiger partial charge in [-0.25, -0.2) is 4.98 Å². The predicted molar refractivity (Wildman–Crippen MR) is 127 cm³/mol. The highest BCUT2D eigenvalue weighted by Gasteiger charge is 2.16. The molecular formula is C27H27N3O2. The number of hydrogen-bond donors (Lipinski definition) is 1. The first-order chi connectivity index (χ1) is 15.6. The monoisotopic (exact) mass is 425 g/mol. The van der Waals surface area contributed by atoms with Crippen LogP contribution in [0.2, 0.25) is 0 Å². The van der Waals surface area contributed by atoms with Crippen molar-refractivity contribution in [2.24, 2.45) is 0 Å². The van der Waals surface area contributed by atoms with E-state index in [2.05, 4.69) is 59.5 Å². The first-order valence-corrected chi connectivity index (χ1v) is 11.0. The number of nitrogens with one attached hydrogen (secondary N) is 1. The van der Waals surface area contributed by atoms with Crippen LogP contribution in [-0.4, -0.2) is 15.8 Å². The maximum atomic E-state index is 12.5. The predicted octanol–water partition coefficient (Wildman–Crippen LogP) is 6.53. The minimum absolute atomic E-state index is 0.0344. The van der Waals surface area contributed by atoms with E-state index in [1.54, 1.807) is 12.4 Å². The highest BCUT2D eigenvalue weighted by Crippen LogP contribution is 2.28. The Bertz CT molecular complexity index is 1240. The van der Waals surface area contributed by atoms with Gasteiger partial charge in [0.05, 0.1) is 11.9 Å². The third-order valence-corrected chi connectivity index (χ3v) is 5.40. The maximum absolute atomic E-state index is 12.5. The molecule has 2 aromatic carbocycles. The zero-order chi connectivity index (χ0) is 22.5. The standard InChI is InChI=1S/C27H27N3O2/c1-4-19-9-7-11-21(13-19)22-15-24(26(28-16-22)25(31)5-2)30-27-29-17-23(32-27)14-20-10-6-8-18(3)12-20/h6-13,15-17H,4-5,14H2,1-3H3,(H,29,30). The summed E-state index contributed by atoms with van der Waals surface area (Å²) in [7, 11) is 0. The number of aromatic nitrogens is 2. The van der Waals surface area contributed by atoms with Crippen LogP contribution in [0.25, 0.3) is 11.1 Å². The third-order valence-electron chi connectivity index (χ3n) is 5.40. The molecule has 2 aromatic heterocycles. The van der Waals surface area contributed by atoms with Crippen molar-refractivity contribution in [2.45, 2.75) is 40.0 Å². The fraction of sp³-hybridized carbons (Fsp3) is 0.222. The second-order valence-corrected chi connectivity index (χ2v) is 7.87. The van der Waals surface area contributed by atoms with E-state index >= 15 is 0 Å². The number of nitrogens with zero attached hydrogens (tertiary/aromatic N) is 2. The maximum Gasteiger partial charge on any atom is 0.299 e. The summed E-state index contributed by atoms with van der Waals surface area (Å²) in [4.78, 5) is 21.3. The highest BCUT2D eigenvalue weighted by molar-refractivity contribution is 6.00. The van der Waals surface area contributed by atoms with E-state index in [-0.39, 0.29) is 5.78 Å². The van der Waals surface area contributed by atoms with E-state index in [1.165, 1.54) is 11.1 Å². The number of Topliss-reactive ketones (excluding diaryl/α,β-unsaturated/α-hetero) is 1. The van der Waals surface area contributed by atoms with Crippen molar-refractivity contribution in [1.29, 1.82) is 0 Å². The van der Waals surface area contributed by atoms with E-state index in [1.807, 2.05) is 31.2 Å². The molecule has 0 aliphatic heterocycles. The van der Waals surface area contributed by atoms with Crippen molar-refractivity contribution in [2.75, 3.05) is 5.32 Å². The molecule has 2 heterocycles. The van der Waals surface area contributed by atoms with Crippen molar-refractivity contribution >= 4 is 17.5 Å². The number of oxazole rings is 1. The molecule has 0 unspecified atom stereocenters. The minimum Gasteiger partial charge on any atom is -0.428 e. The summed E-state index contributed by atoms with van der Waals surface area (Å²) in [6, 6.07) is 18.9. The van der Waals surface area contributed by atoms with Gasteiger partial charge in [0.2, 0.25) is 0 Å². The molecular weight excluding hydrogens is 398 g/mol.